The van der Waals surface area contributed by atoms with E-state index in [1.807, 2.05) is 0 Å². The second-order valence-electron chi connectivity index (χ2n) is 4.71. The van der Waals surface area contributed by atoms with Crippen molar-refractivity contribution in [3.8, 4) is 0 Å². The summed E-state index contributed by atoms with van der Waals surface area (Å²) in [5.74, 6) is 0. The van der Waals surface area contributed by atoms with Gasteiger partial charge < -0.3 is 30.7 Å². The molecule has 0 saturated heterocycles. The highest BCUT2D eigenvalue weighted by Gasteiger charge is 2.08. The van der Waals surface area contributed by atoms with Crippen molar-refractivity contribution < 1.29 is 9.47 Å². The molecule has 0 amide bonds. The van der Waals surface area contributed by atoms with Gasteiger partial charge in [0, 0.05) is 40.4 Å². The number of nitrogens with zero attached hydrogens (tertiary/aromatic N) is 2. The fourth-order valence-electron chi connectivity index (χ4n) is 1.31. The normalized spacial score (nSPS) is 10.7. The highest BCUT2D eigenvalue weighted by Crippen LogP contribution is 1.93. The van der Waals surface area contributed by atoms with Crippen LogP contribution in [0, 0.1) is 0 Å². The van der Waals surface area contributed by atoms with E-state index in [1.54, 1.807) is 14.2 Å². The zero-order valence-electron chi connectivity index (χ0n) is 12.8. The van der Waals surface area contributed by atoms with E-state index in [-0.39, 0.29) is 13.5 Å². The summed E-state index contributed by atoms with van der Waals surface area (Å²) in [5, 5.41) is 0. The van der Waals surface area contributed by atoms with E-state index in [4.69, 9.17) is 20.9 Å². The van der Waals surface area contributed by atoms with E-state index in [9.17, 15) is 0 Å². The second-order valence-corrected chi connectivity index (χ2v) is 4.71. The molecule has 0 aromatic heterocycles. The monoisotopic (exact) mass is 280 g/mol. The first-order chi connectivity index (χ1) is 8.40. The van der Waals surface area contributed by atoms with Crippen LogP contribution in [0.4, 0.5) is 0 Å². The molecule has 0 aromatic carbocycles. The van der Waals surface area contributed by atoms with Crippen LogP contribution < -0.4 is 11.5 Å². The minimum atomic E-state index is 0. The molecule has 0 bridgehead atoms. The van der Waals surface area contributed by atoms with Gasteiger partial charge in [-0.15, -0.1) is 0 Å². The Bertz CT molecular complexity index is 149. The Labute approximate surface area is 120 Å². The molecule has 0 heterocycles. The molecule has 0 aliphatic heterocycles. The first-order valence-electron chi connectivity index (χ1n) is 6.16. The lowest BCUT2D eigenvalue weighted by Gasteiger charge is -2.22. The van der Waals surface area contributed by atoms with Gasteiger partial charge in [0.05, 0.1) is 12.2 Å². The highest BCUT2D eigenvalue weighted by molar-refractivity contribution is 4.63. The smallest absolute Gasteiger partial charge is 0.0824 e. The molecule has 0 spiro atoms. The lowest BCUT2D eigenvalue weighted by molar-refractivity contribution is 0.0578. The van der Waals surface area contributed by atoms with Crippen LogP contribution in [0.25, 0.3) is 0 Å². The molecule has 120 valence electrons. The number of likely N-dealkylation sites (N-methyl/N-ethyl adjacent to an activating group) is 2. The van der Waals surface area contributed by atoms with Crippen LogP contribution in [0.2, 0.25) is 0 Å². The molecule has 0 aliphatic carbocycles. The number of rotatable bonds is 8. The molecule has 0 fully saturated rings. The number of methoxy groups -OCH3 is 2. The van der Waals surface area contributed by atoms with Gasteiger partial charge in [-0.3, -0.25) is 0 Å². The average molecular weight is 280 g/mol. The molecule has 0 saturated carbocycles. The van der Waals surface area contributed by atoms with Crippen molar-refractivity contribution in [2.75, 3.05) is 68.6 Å². The van der Waals surface area contributed by atoms with Gasteiger partial charge in [-0.05, 0) is 28.2 Å². The SMILES string of the molecule is C.COC(CN(C)C)CN(C)C.COC(CN)CN. The third kappa shape index (κ3) is 17.8. The maximum Gasteiger partial charge on any atom is 0.0824 e. The topological polar surface area (TPSA) is 77.0 Å². The van der Waals surface area contributed by atoms with Gasteiger partial charge in [0.25, 0.3) is 0 Å². The van der Waals surface area contributed by atoms with E-state index in [2.05, 4.69) is 38.0 Å². The van der Waals surface area contributed by atoms with Crippen LogP contribution in [-0.2, 0) is 9.47 Å². The van der Waals surface area contributed by atoms with Crippen LogP contribution in [0.5, 0.6) is 0 Å². The molecule has 19 heavy (non-hydrogen) atoms. The molecule has 0 aliphatic rings. The Balaban J connectivity index is -0.000000280. The van der Waals surface area contributed by atoms with Gasteiger partial charge in [-0.1, -0.05) is 7.43 Å². The van der Waals surface area contributed by atoms with Crippen molar-refractivity contribution in [1.29, 1.82) is 0 Å². The molecular weight excluding hydrogens is 244 g/mol. The van der Waals surface area contributed by atoms with Crippen LogP contribution in [0.15, 0.2) is 0 Å². The Morgan fingerprint density at radius 1 is 0.789 bits per heavy atom. The third-order valence-electron chi connectivity index (χ3n) is 2.33. The second kappa shape index (κ2) is 15.8. The van der Waals surface area contributed by atoms with Crippen molar-refractivity contribution in [2.45, 2.75) is 19.6 Å². The quantitative estimate of drug-likeness (QED) is 0.634. The molecule has 0 atom stereocenters. The van der Waals surface area contributed by atoms with Gasteiger partial charge in [-0.25, -0.2) is 0 Å². The lowest BCUT2D eigenvalue weighted by Crippen LogP contribution is -2.35. The largest absolute Gasteiger partial charge is 0.379 e. The minimum Gasteiger partial charge on any atom is -0.379 e. The number of hydrogen-bond donors (Lipinski definition) is 2. The molecule has 0 rings (SSSR count). The van der Waals surface area contributed by atoms with E-state index in [0.717, 1.165) is 13.1 Å². The lowest BCUT2D eigenvalue weighted by atomic mass is 10.3. The standard InChI is InChI=1S/C8H20N2O.C4H12N2O.CH4/c1-9(2)6-8(11-5)7-10(3)4;1-7-4(2-5)3-6;/h8H,6-7H2,1-5H3;4H,2-3,5-6H2,1H3;1H4. The molecule has 0 radical (unpaired) electrons. The Morgan fingerprint density at radius 2 is 1.11 bits per heavy atom. The van der Waals surface area contributed by atoms with E-state index < -0.39 is 0 Å². The summed E-state index contributed by atoms with van der Waals surface area (Å²) in [6, 6.07) is 0. The van der Waals surface area contributed by atoms with Crippen LogP contribution >= 0.6 is 0 Å². The first kappa shape index (κ1) is 23.8. The molecule has 6 nitrogen and oxygen atoms in total. The molecule has 6 heteroatoms. The summed E-state index contributed by atoms with van der Waals surface area (Å²) in [6.07, 6.45) is 0.361. The zero-order chi connectivity index (χ0) is 14.6. The summed E-state index contributed by atoms with van der Waals surface area (Å²) >= 11 is 0. The van der Waals surface area contributed by atoms with Crippen molar-refractivity contribution >= 4 is 0 Å². The zero-order valence-corrected chi connectivity index (χ0v) is 12.8. The fourth-order valence-corrected chi connectivity index (χ4v) is 1.31. The van der Waals surface area contributed by atoms with Crippen LogP contribution in [0.3, 0.4) is 0 Å². The highest BCUT2D eigenvalue weighted by atomic mass is 16.5. The number of ether oxygens (including phenoxy) is 2. The minimum absolute atomic E-state index is 0. The summed E-state index contributed by atoms with van der Waals surface area (Å²) in [7, 11) is 11.6. The maximum atomic E-state index is 5.29. The van der Waals surface area contributed by atoms with Gasteiger partial charge in [-0.2, -0.15) is 0 Å². The van der Waals surface area contributed by atoms with Crippen molar-refractivity contribution in [3.63, 3.8) is 0 Å². The van der Waals surface area contributed by atoms with Gasteiger partial charge >= 0.3 is 0 Å². The average Bonchev–Trinajstić information content (AvgIpc) is 2.30. The van der Waals surface area contributed by atoms with Gasteiger partial charge in [0.15, 0.2) is 0 Å². The Hall–Kier alpha value is -0.240. The Kier molecular flexibility index (Phi) is 19.8. The molecule has 0 unspecified atom stereocenters. The van der Waals surface area contributed by atoms with Crippen LogP contribution in [-0.4, -0.2) is 90.6 Å². The summed E-state index contributed by atoms with van der Waals surface area (Å²) in [4.78, 5) is 4.27. The summed E-state index contributed by atoms with van der Waals surface area (Å²) in [6.45, 7) is 2.98. The predicted octanol–water partition coefficient (Wildman–Crippen LogP) is -0.320. The van der Waals surface area contributed by atoms with E-state index in [0.29, 0.717) is 19.2 Å². The molecular formula is C13H36N4O2. The van der Waals surface area contributed by atoms with E-state index >= 15 is 0 Å². The maximum absolute atomic E-state index is 5.29. The van der Waals surface area contributed by atoms with Crippen molar-refractivity contribution in [3.05, 3.63) is 0 Å². The van der Waals surface area contributed by atoms with Crippen LogP contribution in [0.1, 0.15) is 7.43 Å². The summed E-state index contributed by atoms with van der Waals surface area (Å²) in [5.41, 5.74) is 10.4. The predicted molar refractivity (Wildman–Crippen MR) is 83.5 cm³/mol. The third-order valence-corrected chi connectivity index (χ3v) is 2.33. The number of hydrogen-bond acceptors (Lipinski definition) is 6. The number of nitrogens with two attached hydrogens (primary N) is 2. The van der Waals surface area contributed by atoms with Gasteiger partial charge in [0.2, 0.25) is 0 Å². The van der Waals surface area contributed by atoms with Crippen molar-refractivity contribution in [2.24, 2.45) is 11.5 Å². The van der Waals surface area contributed by atoms with Crippen molar-refractivity contribution in [1.82, 2.24) is 9.80 Å². The first-order valence-corrected chi connectivity index (χ1v) is 6.16. The van der Waals surface area contributed by atoms with E-state index in [1.165, 1.54) is 0 Å². The fraction of sp³-hybridized carbons (Fsp3) is 1.00. The molecule has 4 N–H and O–H groups in total. The Morgan fingerprint density at radius 3 is 1.21 bits per heavy atom. The summed E-state index contributed by atoms with van der Waals surface area (Å²) < 4.78 is 10.1. The van der Waals surface area contributed by atoms with Gasteiger partial charge in [0.1, 0.15) is 0 Å². The molecule has 0 aromatic rings.